The average Bonchev–Trinajstić information content (AvgIpc) is 2.99. The Bertz CT molecular complexity index is 964. The first kappa shape index (κ1) is 16.4. The second-order valence-corrected chi connectivity index (χ2v) is 5.33. The van der Waals surface area contributed by atoms with Gasteiger partial charge in [-0.1, -0.05) is 12.1 Å². The first-order valence-corrected chi connectivity index (χ1v) is 7.62. The number of rotatable bonds is 5. The van der Waals surface area contributed by atoms with Gasteiger partial charge in [0.25, 0.3) is 0 Å². The van der Waals surface area contributed by atoms with E-state index in [1.54, 1.807) is 13.0 Å². The van der Waals surface area contributed by atoms with E-state index >= 15 is 0 Å². The lowest BCUT2D eigenvalue weighted by molar-refractivity contribution is 0.0528. The number of carbonyl (C=O) groups excluding carboxylic acids is 1. The van der Waals surface area contributed by atoms with Gasteiger partial charge in [-0.2, -0.15) is 9.61 Å². The Morgan fingerprint density at radius 1 is 1.28 bits per heavy atom. The summed E-state index contributed by atoms with van der Waals surface area (Å²) in [5.74, 6) is -1.51. The van der Waals surface area contributed by atoms with Crippen molar-refractivity contribution >= 4 is 29.1 Å². The van der Waals surface area contributed by atoms with Crippen molar-refractivity contribution in [3.05, 3.63) is 53.3 Å². The van der Waals surface area contributed by atoms with E-state index < -0.39 is 11.9 Å². The Morgan fingerprint density at radius 2 is 2.08 bits per heavy atom. The molecule has 25 heavy (non-hydrogen) atoms. The number of fused-ring (bicyclic) bond motifs is 1. The highest BCUT2D eigenvalue weighted by molar-refractivity contribution is 5.98. The van der Waals surface area contributed by atoms with Crippen LogP contribution in [0, 0.1) is 6.92 Å². The fraction of sp³-hybridized carbons (Fsp3) is 0.176. The van der Waals surface area contributed by atoms with Crippen LogP contribution in [0.15, 0.2) is 36.7 Å². The molecule has 2 N–H and O–H groups in total. The van der Waals surface area contributed by atoms with E-state index in [4.69, 9.17) is 4.74 Å². The second-order valence-electron chi connectivity index (χ2n) is 5.33. The number of hydrogen-bond donors (Lipinski definition) is 2. The van der Waals surface area contributed by atoms with Gasteiger partial charge in [0.2, 0.25) is 0 Å². The lowest BCUT2D eigenvalue weighted by atomic mass is 10.2. The maximum atomic E-state index is 12.0. The van der Waals surface area contributed by atoms with Crippen LogP contribution in [-0.4, -0.2) is 38.3 Å². The number of ether oxygens (including phenoxy) is 1. The lowest BCUT2D eigenvalue weighted by Gasteiger charge is -2.12. The zero-order valence-corrected chi connectivity index (χ0v) is 13.7. The Hall–Kier alpha value is -3.42. The van der Waals surface area contributed by atoms with Crippen molar-refractivity contribution in [3.8, 4) is 0 Å². The summed E-state index contributed by atoms with van der Waals surface area (Å²) < 4.78 is 6.27. The molecule has 0 bridgehead atoms. The number of nitrogens with one attached hydrogen (secondary N) is 1. The van der Waals surface area contributed by atoms with Crippen LogP contribution in [-0.2, 0) is 4.74 Å². The number of anilines is 2. The van der Waals surface area contributed by atoms with Crippen molar-refractivity contribution in [1.82, 2.24) is 14.6 Å². The lowest BCUT2D eigenvalue weighted by Crippen LogP contribution is -2.11. The molecule has 2 aromatic heterocycles. The number of carboxylic acid groups (broad SMARTS) is 1. The van der Waals surface area contributed by atoms with E-state index in [9.17, 15) is 14.7 Å². The monoisotopic (exact) mass is 340 g/mol. The zero-order valence-electron chi connectivity index (χ0n) is 13.7. The van der Waals surface area contributed by atoms with Crippen LogP contribution < -0.4 is 5.32 Å². The molecule has 0 spiro atoms. The van der Waals surface area contributed by atoms with Gasteiger partial charge in [0.05, 0.1) is 12.8 Å². The summed E-state index contributed by atoms with van der Waals surface area (Å²) in [4.78, 5) is 27.6. The summed E-state index contributed by atoms with van der Waals surface area (Å²) >= 11 is 0. The molecule has 0 unspecified atom stereocenters. The van der Waals surface area contributed by atoms with Crippen molar-refractivity contribution in [2.75, 3.05) is 11.9 Å². The summed E-state index contributed by atoms with van der Waals surface area (Å²) in [6, 6.07) is 7.45. The Morgan fingerprint density at radius 3 is 2.76 bits per heavy atom. The standard InChI is InChI=1S/C17H16N4O4/c1-3-25-17(24)13-9-19-21-14(13)18-8-12(16(22)23)15(21)20-11-6-4-5-10(2)7-11/h4-9,20H,3H2,1-2H3,(H,22,23). The first-order valence-electron chi connectivity index (χ1n) is 7.62. The van der Waals surface area contributed by atoms with Gasteiger partial charge in [-0.15, -0.1) is 0 Å². The molecule has 3 rings (SSSR count). The molecule has 3 aromatic rings. The van der Waals surface area contributed by atoms with Crippen LogP contribution >= 0.6 is 0 Å². The SMILES string of the molecule is CCOC(=O)c1cnn2c(Nc3cccc(C)c3)c(C(=O)O)cnc12. The fourth-order valence-corrected chi connectivity index (χ4v) is 2.42. The van der Waals surface area contributed by atoms with E-state index in [1.165, 1.54) is 16.9 Å². The van der Waals surface area contributed by atoms with Crippen LogP contribution in [0.2, 0.25) is 0 Å². The molecular formula is C17H16N4O4. The third kappa shape index (κ3) is 3.14. The number of hydrogen-bond acceptors (Lipinski definition) is 6. The molecule has 8 nitrogen and oxygen atoms in total. The van der Waals surface area contributed by atoms with Crippen molar-refractivity contribution in [2.45, 2.75) is 13.8 Å². The predicted molar refractivity (Wildman–Crippen MR) is 90.4 cm³/mol. The number of aryl methyl sites for hydroxylation is 1. The van der Waals surface area contributed by atoms with Crippen molar-refractivity contribution in [2.24, 2.45) is 0 Å². The topological polar surface area (TPSA) is 106 Å². The summed E-state index contributed by atoms with van der Waals surface area (Å²) in [6.45, 7) is 3.85. The van der Waals surface area contributed by atoms with Crippen molar-refractivity contribution in [1.29, 1.82) is 0 Å². The number of aromatic nitrogens is 3. The molecule has 128 valence electrons. The number of benzene rings is 1. The van der Waals surface area contributed by atoms with E-state index in [0.717, 1.165) is 5.56 Å². The molecule has 0 amide bonds. The molecule has 8 heteroatoms. The molecule has 0 aliphatic rings. The van der Waals surface area contributed by atoms with Crippen molar-refractivity contribution < 1.29 is 19.4 Å². The molecule has 0 saturated heterocycles. The maximum Gasteiger partial charge on any atom is 0.343 e. The minimum Gasteiger partial charge on any atom is -0.477 e. The molecular weight excluding hydrogens is 324 g/mol. The molecule has 0 aliphatic carbocycles. The minimum atomic E-state index is -1.15. The molecule has 0 saturated carbocycles. The van der Waals surface area contributed by atoms with Gasteiger partial charge < -0.3 is 15.2 Å². The third-order valence-corrected chi connectivity index (χ3v) is 3.53. The highest BCUT2D eigenvalue weighted by Crippen LogP contribution is 2.24. The van der Waals surface area contributed by atoms with Gasteiger partial charge in [0, 0.05) is 11.9 Å². The van der Waals surface area contributed by atoms with Gasteiger partial charge in [0.1, 0.15) is 11.1 Å². The van der Waals surface area contributed by atoms with Crippen LogP contribution in [0.3, 0.4) is 0 Å². The van der Waals surface area contributed by atoms with E-state index in [0.29, 0.717) is 5.69 Å². The van der Waals surface area contributed by atoms with E-state index in [-0.39, 0.29) is 29.2 Å². The van der Waals surface area contributed by atoms with Crippen LogP contribution in [0.4, 0.5) is 11.5 Å². The van der Waals surface area contributed by atoms with Gasteiger partial charge in [-0.25, -0.2) is 14.6 Å². The zero-order chi connectivity index (χ0) is 18.0. The third-order valence-electron chi connectivity index (χ3n) is 3.53. The van der Waals surface area contributed by atoms with E-state index in [2.05, 4.69) is 15.4 Å². The molecule has 0 fully saturated rings. The normalized spacial score (nSPS) is 10.6. The van der Waals surface area contributed by atoms with Gasteiger partial charge in [-0.05, 0) is 31.5 Å². The average molecular weight is 340 g/mol. The maximum absolute atomic E-state index is 12.0. The number of aromatic carboxylic acids is 1. The molecule has 0 atom stereocenters. The summed E-state index contributed by atoms with van der Waals surface area (Å²) in [6.07, 6.45) is 2.51. The number of carbonyl (C=O) groups is 2. The minimum absolute atomic E-state index is 0.0625. The van der Waals surface area contributed by atoms with Crippen LogP contribution in [0.5, 0.6) is 0 Å². The predicted octanol–water partition coefficient (Wildman–Crippen LogP) is 2.66. The second kappa shape index (κ2) is 6.60. The smallest absolute Gasteiger partial charge is 0.343 e. The Labute approximate surface area is 143 Å². The Kier molecular flexibility index (Phi) is 4.34. The van der Waals surface area contributed by atoms with Gasteiger partial charge in [-0.3, -0.25) is 0 Å². The summed E-state index contributed by atoms with van der Waals surface area (Å²) in [7, 11) is 0. The first-order chi connectivity index (χ1) is 12.0. The summed E-state index contributed by atoms with van der Waals surface area (Å²) in [5.41, 5.74) is 2.04. The number of carboxylic acids is 1. The number of esters is 1. The van der Waals surface area contributed by atoms with Crippen LogP contribution in [0.1, 0.15) is 33.2 Å². The molecule has 0 radical (unpaired) electrons. The van der Waals surface area contributed by atoms with Crippen molar-refractivity contribution in [3.63, 3.8) is 0 Å². The highest BCUT2D eigenvalue weighted by Gasteiger charge is 2.21. The molecule has 1 aromatic carbocycles. The number of nitrogens with zero attached hydrogens (tertiary/aromatic N) is 3. The fourth-order valence-electron chi connectivity index (χ4n) is 2.42. The van der Waals surface area contributed by atoms with Crippen LogP contribution in [0.25, 0.3) is 5.65 Å². The van der Waals surface area contributed by atoms with Gasteiger partial charge in [0.15, 0.2) is 11.5 Å². The molecule has 2 heterocycles. The highest BCUT2D eigenvalue weighted by atomic mass is 16.5. The molecule has 0 aliphatic heterocycles. The quantitative estimate of drug-likeness (QED) is 0.688. The van der Waals surface area contributed by atoms with E-state index in [1.807, 2.05) is 25.1 Å². The van der Waals surface area contributed by atoms with Gasteiger partial charge >= 0.3 is 11.9 Å². The Balaban J connectivity index is 2.15. The largest absolute Gasteiger partial charge is 0.477 e. The summed E-state index contributed by atoms with van der Waals surface area (Å²) in [5, 5.41) is 16.6.